The summed E-state index contributed by atoms with van der Waals surface area (Å²) in [5.41, 5.74) is 2.81. The SMILES string of the molecule is [2H]C([2H])([2H])C(Oc1ccc(CN)cc1)(C([2H])([2H])[2H])C([2H])([2H])[2H]. The number of rotatable bonds is 2. The molecule has 0 saturated carbocycles. The first-order valence-corrected chi connectivity index (χ1v) is 3.74. The van der Waals surface area contributed by atoms with Crippen LogP contribution >= 0.6 is 0 Å². The third-order valence-corrected chi connectivity index (χ3v) is 1.43. The molecule has 0 aliphatic heterocycles. The summed E-state index contributed by atoms with van der Waals surface area (Å²) >= 11 is 0. The fraction of sp³-hybridized carbons (Fsp3) is 0.455. The summed E-state index contributed by atoms with van der Waals surface area (Å²) in [5, 5.41) is 0. The maximum atomic E-state index is 7.44. The second-order valence-corrected chi connectivity index (χ2v) is 2.63. The Hall–Kier alpha value is -1.02. The monoisotopic (exact) mass is 188 g/mol. The van der Waals surface area contributed by atoms with Crippen LogP contribution in [-0.2, 0) is 6.54 Å². The molecule has 1 rings (SSSR count). The smallest absolute Gasteiger partial charge is 0.120 e. The molecule has 13 heavy (non-hydrogen) atoms. The Labute approximate surface area is 92.4 Å². The van der Waals surface area contributed by atoms with E-state index in [1.54, 1.807) is 0 Å². The minimum absolute atomic E-state index is 0.166. The average molecular weight is 188 g/mol. The van der Waals surface area contributed by atoms with Crippen LogP contribution < -0.4 is 10.5 Å². The summed E-state index contributed by atoms with van der Waals surface area (Å²) in [7, 11) is 0. The normalized spacial score (nSPS) is 24.5. The van der Waals surface area contributed by atoms with E-state index < -0.39 is 26.2 Å². The van der Waals surface area contributed by atoms with Crippen LogP contribution in [0.2, 0.25) is 0 Å². The van der Waals surface area contributed by atoms with E-state index >= 15 is 0 Å². The number of hydrogen-bond acceptors (Lipinski definition) is 2. The van der Waals surface area contributed by atoms with Gasteiger partial charge in [-0.25, -0.2) is 0 Å². The van der Waals surface area contributed by atoms with Crippen molar-refractivity contribution in [1.82, 2.24) is 0 Å². The van der Waals surface area contributed by atoms with E-state index in [9.17, 15) is 0 Å². The Morgan fingerprint density at radius 2 is 1.92 bits per heavy atom. The van der Waals surface area contributed by atoms with Crippen LogP contribution in [0.1, 0.15) is 38.5 Å². The van der Waals surface area contributed by atoms with Gasteiger partial charge in [0.1, 0.15) is 11.4 Å². The Morgan fingerprint density at radius 3 is 2.38 bits per heavy atom. The van der Waals surface area contributed by atoms with Gasteiger partial charge in [-0.05, 0) is 38.3 Å². The first-order chi connectivity index (χ1) is 9.76. The van der Waals surface area contributed by atoms with Gasteiger partial charge in [0.25, 0.3) is 0 Å². The van der Waals surface area contributed by atoms with Crippen molar-refractivity contribution in [3.8, 4) is 5.75 Å². The van der Waals surface area contributed by atoms with Crippen molar-refractivity contribution in [3.05, 3.63) is 29.8 Å². The predicted octanol–water partition coefficient (Wildman–Crippen LogP) is 2.32. The van der Waals surface area contributed by atoms with Crippen molar-refractivity contribution in [2.24, 2.45) is 5.73 Å². The van der Waals surface area contributed by atoms with Crippen molar-refractivity contribution < 1.29 is 17.1 Å². The van der Waals surface area contributed by atoms with E-state index in [1.165, 1.54) is 24.3 Å². The zero-order valence-electron chi connectivity index (χ0n) is 16.0. The maximum absolute atomic E-state index is 7.44. The van der Waals surface area contributed by atoms with E-state index in [-0.39, 0.29) is 12.3 Å². The summed E-state index contributed by atoms with van der Waals surface area (Å²) in [4.78, 5) is 0. The van der Waals surface area contributed by atoms with Crippen molar-refractivity contribution in [1.29, 1.82) is 0 Å². The molecule has 2 nitrogen and oxygen atoms in total. The van der Waals surface area contributed by atoms with Gasteiger partial charge < -0.3 is 10.5 Å². The summed E-state index contributed by atoms with van der Waals surface area (Å²) in [6.45, 7) is -9.95. The average Bonchev–Trinajstić information content (AvgIpc) is 2.32. The maximum Gasteiger partial charge on any atom is 0.120 e. The second kappa shape index (κ2) is 3.79. The number of benzene rings is 1. The van der Waals surface area contributed by atoms with Gasteiger partial charge >= 0.3 is 0 Å². The standard InChI is InChI=1S/C11H17NO/c1-11(2,3)13-10-6-4-9(8-12)5-7-10/h4-7H,8,12H2,1-3H3/i1D3,2D3,3D3. The lowest BCUT2D eigenvalue weighted by molar-refractivity contribution is 0.131. The first-order valence-electron chi connectivity index (χ1n) is 8.24. The molecule has 0 radical (unpaired) electrons. The van der Waals surface area contributed by atoms with Gasteiger partial charge in [0.15, 0.2) is 0 Å². The lowest BCUT2D eigenvalue weighted by Crippen LogP contribution is -2.22. The molecule has 0 heterocycles. The molecule has 0 bridgehead atoms. The Bertz CT molecular complexity index is 464. The lowest BCUT2D eigenvalue weighted by Gasteiger charge is -2.21. The van der Waals surface area contributed by atoms with Gasteiger partial charge in [-0.2, -0.15) is 0 Å². The van der Waals surface area contributed by atoms with Gasteiger partial charge in [0.05, 0.1) is 0 Å². The molecule has 0 spiro atoms. The van der Waals surface area contributed by atoms with E-state index in [2.05, 4.69) is 0 Å². The molecule has 1 aromatic rings. The molecule has 0 unspecified atom stereocenters. The van der Waals surface area contributed by atoms with Crippen molar-refractivity contribution in [3.63, 3.8) is 0 Å². The zero-order valence-corrected chi connectivity index (χ0v) is 7.00. The van der Waals surface area contributed by atoms with Crippen LogP contribution in [0, 0.1) is 0 Å². The summed E-state index contributed by atoms with van der Waals surface area (Å²) in [6.07, 6.45) is 0. The Morgan fingerprint density at radius 1 is 1.31 bits per heavy atom. The highest BCUT2D eigenvalue weighted by atomic mass is 16.5. The molecule has 0 aliphatic carbocycles. The van der Waals surface area contributed by atoms with Gasteiger partial charge in [-0.3, -0.25) is 0 Å². The Balaban J connectivity index is 3.43. The highest BCUT2D eigenvalue weighted by Gasteiger charge is 2.10. The molecule has 0 saturated heterocycles. The molecule has 72 valence electrons. The summed E-state index contributed by atoms with van der Waals surface area (Å²) in [6, 6.07) is 5.58. The quantitative estimate of drug-likeness (QED) is 0.773. The molecular weight excluding hydrogens is 162 g/mol. The van der Waals surface area contributed by atoms with Crippen LogP contribution in [0.3, 0.4) is 0 Å². The highest BCUT2D eigenvalue weighted by molar-refractivity contribution is 5.27. The molecule has 0 atom stereocenters. The van der Waals surface area contributed by atoms with E-state index in [0.717, 1.165) is 0 Å². The van der Waals surface area contributed by atoms with Crippen LogP contribution in [0.15, 0.2) is 24.3 Å². The predicted molar refractivity (Wildman–Crippen MR) is 54.7 cm³/mol. The molecule has 0 aliphatic rings. The van der Waals surface area contributed by atoms with Crippen LogP contribution in [0.5, 0.6) is 5.75 Å². The van der Waals surface area contributed by atoms with Gasteiger partial charge in [-0.1, -0.05) is 12.1 Å². The molecule has 0 amide bonds. The topological polar surface area (TPSA) is 35.2 Å². The van der Waals surface area contributed by atoms with E-state index in [4.69, 9.17) is 22.8 Å². The highest BCUT2D eigenvalue weighted by Crippen LogP contribution is 2.18. The van der Waals surface area contributed by atoms with Gasteiger partial charge in [0, 0.05) is 18.9 Å². The zero-order chi connectivity index (χ0) is 17.4. The summed E-state index contributed by atoms with van der Waals surface area (Å²) in [5.74, 6) is -0.166. The minimum atomic E-state index is -3.39. The third kappa shape index (κ3) is 3.47. The van der Waals surface area contributed by atoms with Gasteiger partial charge in [0.2, 0.25) is 0 Å². The molecular formula is C11H17NO. The van der Waals surface area contributed by atoms with Crippen molar-refractivity contribution in [2.75, 3.05) is 0 Å². The molecule has 2 heteroatoms. The third-order valence-electron chi connectivity index (χ3n) is 1.43. The van der Waals surface area contributed by atoms with Gasteiger partial charge in [-0.15, -0.1) is 0 Å². The molecule has 1 aromatic carbocycles. The molecule has 0 fully saturated rings. The number of hydrogen-bond donors (Lipinski definition) is 1. The van der Waals surface area contributed by atoms with Crippen LogP contribution in [0.4, 0.5) is 0 Å². The first kappa shape index (κ1) is 3.28. The number of ether oxygens (including phenoxy) is 1. The van der Waals surface area contributed by atoms with Crippen LogP contribution in [-0.4, -0.2) is 5.60 Å². The Kier molecular flexibility index (Phi) is 0.957. The second-order valence-electron chi connectivity index (χ2n) is 2.63. The molecule has 0 aromatic heterocycles. The number of nitrogens with two attached hydrogens (primary N) is 1. The summed E-state index contributed by atoms with van der Waals surface area (Å²) < 4.78 is 72.1. The fourth-order valence-corrected chi connectivity index (χ4v) is 0.870. The van der Waals surface area contributed by atoms with Crippen molar-refractivity contribution in [2.45, 2.75) is 32.7 Å². The fourth-order valence-electron chi connectivity index (χ4n) is 0.870. The van der Waals surface area contributed by atoms with E-state index in [0.29, 0.717) is 5.56 Å². The van der Waals surface area contributed by atoms with Crippen LogP contribution in [0.25, 0.3) is 0 Å². The minimum Gasteiger partial charge on any atom is -0.488 e. The molecule has 2 N–H and O–H groups in total. The lowest BCUT2D eigenvalue weighted by atomic mass is 10.2. The van der Waals surface area contributed by atoms with E-state index in [1.807, 2.05) is 0 Å². The van der Waals surface area contributed by atoms with Crippen molar-refractivity contribution >= 4 is 0 Å². The largest absolute Gasteiger partial charge is 0.488 e.